The van der Waals surface area contributed by atoms with Gasteiger partial charge in [-0.05, 0) is 76.5 Å². The van der Waals surface area contributed by atoms with Crippen molar-refractivity contribution < 1.29 is 0 Å². The van der Waals surface area contributed by atoms with E-state index in [1.165, 1.54) is 45.2 Å². The molecule has 4 atom stereocenters. The summed E-state index contributed by atoms with van der Waals surface area (Å²) in [6, 6.07) is 1.44. The molecule has 0 aromatic carbocycles. The molecule has 0 radical (unpaired) electrons. The summed E-state index contributed by atoms with van der Waals surface area (Å²) in [7, 11) is 4.62. The monoisotopic (exact) mass is 295 g/mol. The zero-order valence-electron chi connectivity index (χ0n) is 14.9. The first kappa shape index (κ1) is 17.2. The molecule has 3 nitrogen and oxygen atoms in total. The molecule has 4 unspecified atom stereocenters. The molecule has 1 aliphatic carbocycles. The van der Waals surface area contributed by atoms with E-state index in [2.05, 4.69) is 44.7 Å². The molecule has 2 fully saturated rings. The van der Waals surface area contributed by atoms with Crippen LogP contribution in [0.2, 0.25) is 0 Å². The van der Waals surface area contributed by atoms with Gasteiger partial charge in [-0.2, -0.15) is 0 Å². The van der Waals surface area contributed by atoms with Crippen molar-refractivity contribution in [2.45, 2.75) is 65.0 Å². The average molecular weight is 296 g/mol. The molecule has 2 aliphatic rings. The molecule has 1 heterocycles. The maximum atomic E-state index is 6.08. The molecule has 1 aliphatic heterocycles. The lowest BCUT2D eigenvalue weighted by atomic mass is 9.67. The Hall–Kier alpha value is -0.120. The van der Waals surface area contributed by atoms with Gasteiger partial charge in [-0.3, -0.25) is 0 Å². The second kappa shape index (κ2) is 6.97. The second-order valence-corrected chi connectivity index (χ2v) is 8.66. The fourth-order valence-corrected chi connectivity index (χ4v) is 4.49. The van der Waals surface area contributed by atoms with Crippen LogP contribution < -0.4 is 5.73 Å². The maximum Gasteiger partial charge on any atom is 0.0220 e. The van der Waals surface area contributed by atoms with E-state index < -0.39 is 0 Å². The first-order valence-corrected chi connectivity index (χ1v) is 8.93. The number of likely N-dealkylation sites (N-methyl/N-ethyl adjacent to an activating group) is 2. The van der Waals surface area contributed by atoms with Crippen LogP contribution in [0.1, 0.15) is 52.9 Å². The SMILES string of the molecule is CN1CCCC1CN(C)C1CC(C(C)(C)C)CCC1CN. The molecule has 0 aromatic heterocycles. The van der Waals surface area contributed by atoms with Gasteiger partial charge in [0.15, 0.2) is 0 Å². The van der Waals surface area contributed by atoms with E-state index in [0.717, 1.165) is 18.5 Å². The Morgan fingerprint density at radius 1 is 1.19 bits per heavy atom. The van der Waals surface area contributed by atoms with Crippen molar-refractivity contribution in [1.29, 1.82) is 0 Å². The van der Waals surface area contributed by atoms with Crippen LogP contribution in [-0.4, -0.2) is 55.6 Å². The smallest absolute Gasteiger partial charge is 0.0220 e. The third kappa shape index (κ3) is 4.20. The van der Waals surface area contributed by atoms with Gasteiger partial charge in [0.1, 0.15) is 0 Å². The number of nitrogens with two attached hydrogens (primary N) is 1. The molecule has 0 aromatic rings. The highest BCUT2D eigenvalue weighted by atomic mass is 15.2. The minimum Gasteiger partial charge on any atom is -0.330 e. The molecule has 3 heteroatoms. The summed E-state index contributed by atoms with van der Waals surface area (Å²) < 4.78 is 0. The largest absolute Gasteiger partial charge is 0.330 e. The first-order valence-electron chi connectivity index (χ1n) is 8.93. The first-order chi connectivity index (χ1) is 9.82. The van der Waals surface area contributed by atoms with Crippen LogP contribution in [0.25, 0.3) is 0 Å². The molecule has 0 spiro atoms. The summed E-state index contributed by atoms with van der Waals surface area (Å²) in [6.07, 6.45) is 6.74. The van der Waals surface area contributed by atoms with Crippen LogP contribution in [0.4, 0.5) is 0 Å². The summed E-state index contributed by atoms with van der Waals surface area (Å²) in [4.78, 5) is 5.18. The standard InChI is InChI=1S/C18H37N3/c1-18(2,3)15-9-8-14(12-19)17(11-15)21(5)13-16-7-6-10-20(16)4/h14-17H,6-13,19H2,1-5H3. The third-order valence-corrected chi connectivity index (χ3v) is 6.22. The predicted octanol–water partition coefficient (Wildman–Crippen LogP) is 2.80. The lowest BCUT2D eigenvalue weighted by Gasteiger charge is -2.46. The van der Waals surface area contributed by atoms with Crippen LogP contribution in [0, 0.1) is 17.3 Å². The molecule has 0 bridgehead atoms. The number of likely N-dealkylation sites (tertiary alicyclic amines) is 1. The lowest BCUT2D eigenvalue weighted by molar-refractivity contribution is 0.0486. The molecule has 2 rings (SSSR count). The highest BCUT2D eigenvalue weighted by molar-refractivity contribution is 4.92. The van der Waals surface area contributed by atoms with Crippen molar-refractivity contribution in [2.75, 3.05) is 33.7 Å². The van der Waals surface area contributed by atoms with E-state index in [0.29, 0.717) is 17.4 Å². The normalized spacial score (nSPS) is 35.6. The number of hydrogen-bond donors (Lipinski definition) is 1. The van der Waals surface area contributed by atoms with Gasteiger partial charge in [-0.25, -0.2) is 0 Å². The average Bonchev–Trinajstić information content (AvgIpc) is 2.82. The topological polar surface area (TPSA) is 32.5 Å². The van der Waals surface area contributed by atoms with E-state index in [4.69, 9.17) is 5.73 Å². The summed E-state index contributed by atoms with van der Waals surface area (Å²) in [5.41, 5.74) is 6.52. The van der Waals surface area contributed by atoms with E-state index in [9.17, 15) is 0 Å². The third-order valence-electron chi connectivity index (χ3n) is 6.22. The highest BCUT2D eigenvalue weighted by Crippen LogP contribution is 2.41. The Morgan fingerprint density at radius 2 is 1.90 bits per heavy atom. The van der Waals surface area contributed by atoms with Crippen LogP contribution in [-0.2, 0) is 0 Å². The summed E-state index contributed by atoms with van der Waals surface area (Å²) in [5.74, 6) is 1.54. The van der Waals surface area contributed by atoms with Crippen molar-refractivity contribution in [1.82, 2.24) is 9.80 Å². The van der Waals surface area contributed by atoms with E-state index in [-0.39, 0.29) is 0 Å². The van der Waals surface area contributed by atoms with Crippen molar-refractivity contribution >= 4 is 0 Å². The Morgan fingerprint density at radius 3 is 2.43 bits per heavy atom. The fourth-order valence-electron chi connectivity index (χ4n) is 4.49. The zero-order chi connectivity index (χ0) is 15.6. The van der Waals surface area contributed by atoms with Gasteiger partial charge < -0.3 is 15.5 Å². The summed E-state index contributed by atoms with van der Waals surface area (Å²) >= 11 is 0. The molecule has 1 saturated heterocycles. The van der Waals surface area contributed by atoms with Gasteiger partial charge >= 0.3 is 0 Å². The number of nitrogens with zero attached hydrogens (tertiary/aromatic N) is 2. The van der Waals surface area contributed by atoms with Crippen LogP contribution >= 0.6 is 0 Å². The zero-order valence-corrected chi connectivity index (χ0v) is 14.9. The minimum atomic E-state index is 0.433. The van der Waals surface area contributed by atoms with E-state index >= 15 is 0 Å². The van der Waals surface area contributed by atoms with Crippen LogP contribution in [0.3, 0.4) is 0 Å². The lowest BCUT2D eigenvalue weighted by Crippen LogP contribution is -2.50. The minimum absolute atomic E-state index is 0.433. The number of hydrogen-bond acceptors (Lipinski definition) is 3. The van der Waals surface area contributed by atoms with Crippen LogP contribution in [0.15, 0.2) is 0 Å². The van der Waals surface area contributed by atoms with Crippen molar-refractivity contribution in [3.05, 3.63) is 0 Å². The maximum absolute atomic E-state index is 6.08. The van der Waals surface area contributed by atoms with Crippen LogP contribution in [0.5, 0.6) is 0 Å². The Bertz CT molecular complexity index is 323. The van der Waals surface area contributed by atoms with Crippen molar-refractivity contribution in [3.8, 4) is 0 Å². The quantitative estimate of drug-likeness (QED) is 0.865. The van der Waals surface area contributed by atoms with Gasteiger partial charge in [0.2, 0.25) is 0 Å². The summed E-state index contributed by atoms with van der Waals surface area (Å²) in [6.45, 7) is 10.6. The Balaban J connectivity index is 1.99. The number of rotatable bonds is 4. The summed E-state index contributed by atoms with van der Waals surface area (Å²) in [5, 5.41) is 0. The van der Waals surface area contributed by atoms with E-state index in [1.807, 2.05) is 0 Å². The van der Waals surface area contributed by atoms with Gasteiger partial charge in [0, 0.05) is 18.6 Å². The van der Waals surface area contributed by atoms with Gasteiger partial charge in [0.05, 0.1) is 0 Å². The molecule has 1 saturated carbocycles. The molecular formula is C18H37N3. The van der Waals surface area contributed by atoms with E-state index in [1.54, 1.807) is 0 Å². The molecule has 0 amide bonds. The Kier molecular flexibility index (Phi) is 5.72. The molecular weight excluding hydrogens is 258 g/mol. The molecule has 124 valence electrons. The highest BCUT2D eigenvalue weighted by Gasteiger charge is 2.37. The second-order valence-electron chi connectivity index (χ2n) is 8.66. The van der Waals surface area contributed by atoms with Gasteiger partial charge in [-0.1, -0.05) is 20.8 Å². The fraction of sp³-hybridized carbons (Fsp3) is 1.00. The van der Waals surface area contributed by atoms with Gasteiger partial charge in [-0.15, -0.1) is 0 Å². The molecule has 21 heavy (non-hydrogen) atoms. The Labute approximate surface area is 132 Å². The van der Waals surface area contributed by atoms with Gasteiger partial charge in [0.25, 0.3) is 0 Å². The molecule has 2 N–H and O–H groups in total. The van der Waals surface area contributed by atoms with Crippen molar-refractivity contribution in [2.24, 2.45) is 23.0 Å². The predicted molar refractivity (Wildman–Crippen MR) is 91.4 cm³/mol. The van der Waals surface area contributed by atoms with Crippen molar-refractivity contribution in [3.63, 3.8) is 0 Å².